The van der Waals surface area contributed by atoms with Gasteiger partial charge in [0.25, 0.3) is 0 Å². The Morgan fingerprint density at radius 2 is 2.00 bits per heavy atom. The molecule has 0 fully saturated rings. The largest absolute Gasteiger partial charge is 0.467 e. The van der Waals surface area contributed by atoms with Crippen LogP contribution in [0.1, 0.15) is 22.3 Å². The number of alkyl halides is 1. The quantitative estimate of drug-likeness (QED) is 0.720. The van der Waals surface area contributed by atoms with E-state index in [2.05, 4.69) is 0 Å². The van der Waals surface area contributed by atoms with Crippen molar-refractivity contribution in [3.63, 3.8) is 0 Å². The molecule has 1 atom stereocenters. The minimum absolute atomic E-state index is 0.171. The number of aryl methyl sites for hydroxylation is 1. The Morgan fingerprint density at radius 1 is 1.25 bits per heavy atom. The lowest BCUT2D eigenvalue weighted by molar-refractivity contribution is 0.499. The molecule has 1 heterocycles. The molecule has 0 N–H and O–H groups in total. The first-order valence-corrected chi connectivity index (χ1v) is 5.91. The lowest BCUT2D eigenvalue weighted by atomic mass is 10.1. The predicted molar refractivity (Wildman–Crippen MR) is 67.2 cm³/mol. The van der Waals surface area contributed by atoms with E-state index in [1.807, 2.05) is 37.3 Å². The molecule has 3 heteroatoms. The first-order chi connectivity index (χ1) is 7.68. The monoisotopic (exact) mass is 254 g/mol. The van der Waals surface area contributed by atoms with Gasteiger partial charge in [0.15, 0.2) is 0 Å². The second-order valence-electron chi connectivity index (χ2n) is 3.73. The molecule has 84 valence electrons. The fraction of sp³-hybridized carbons (Fsp3) is 0.231. The van der Waals surface area contributed by atoms with Crippen molar-refractivity contribution in [1.29, 1.82) is 0 Å². The normalized spacial score (nSPS) is 12.7. The molecule has 16 heavy (non-hydrogen) atoms. The molecular formula is C13H12Cl2O. The molecule has 1 aromatic heterocycles. The second-order valence-corrected chi connectivity index (χ2v) is 4.66. The van der Waals surface area contributed by atoms with E-state index in [-0.39, 0.29) is 5.38 Å². The minimum atomic E-state index is -0.171. The van der Waals surface area contributed by atoms with Crippen LogP contribution in [0.4, 0.5) is 0 Å². The molecule has 2 aromatic rings. The Balaban J connectivity index is 2.17. The van der Waals surface area contributed by atoms with Gasteiger partial charge in [-0.3, -0.25) is 0 Å². The van der Waals surface area contributed by atoms with Crippen molar-refractivity contribution in [2.24, 2.45) is 0 Å². The van der Waals surface area contributed by atoms with Gasteiger partial charge in [0.05, 0.1) is 11.6 Å². The molecule has 0 spiro atoms. The molecule has 1 unspecified atom stereocenters. The van der Waals surface area contributed by atoms with Crippen molar-refractivity contribution in [3.8, 4) is 0 Å². The van der Waals surface area contributed by atoms with Crippen molar-refractivity contribution in [3.05, 3.63) is 58.5 Å². The number of furan rings is 1. The number of halogens is 2. The van der Waals surface area contributed by atoms with Crippen LogP contribution in [0.3, 0.4) is 0 Å². The van der Waals surface area contributed by atoms with Gasteiger partial charge in [-0.1, -0.05) is 29.8 Å². The lowest BCUT2D eigenvalue weighted by Crippen LogP contribution is -1.96. The van der Waals surface area contributed by atoms with Crippen molar-refractivity contribution >= 4 is 23.2 Å². The summed E-state index contributed by atoms with van der Waals surface area (Å²) in [5.41, 5.74) is 2.12. The first-order valence-electron chi connectivity index (χ1n) is 5.10. The number of rotatable bonds is 3. The Bertz CT molecular complexity index is 476. The van der Waals surface area contributed by atoms with E-state index in [0.717, 1.165) is 21.9 Å². The van der Waals surface area contributed by atoms with Crippen LogP contribution >= 0.6 is 23.2 Å². The zero-order valence-corrected chi connectivity index (χ0v) is 10.4. The summed E-state index contributed by atoms with van der Waals surface area (Å²) in [5.74, 6) is 0.821. The molecule has 0 saturated heterocycles. The van der Waals surface area contributed by atoms with Crippen molar-refractivity contribution in [2.75, 3.05) is 0 Å². The Kier molecular flexibility index (Phi) is 3.57. The number of hydrogen-bond acceptors (Lipinski definition) is 1. The zero-order valence-electron chi connectivity index (χ0n) is 8.91. The van der Waals surface area contributed by atoms with E-state index in [1.165, 1.54) is 0 Å². The van der Waals surface area contributed by atoms with Gasteiger partial charge >= 0.3 is 0 Å². The average Bonchev–Trinajstić information content (AvgIpc) is 2.68. The van der Waals surface area contributed by atoms with Gasteiger partial charge in [-0.25, -0.2) is 0 Å². The van der Waals surface area contributed by atoms with Crippen LogP contribution in [0.15, 0.2) is 41.0 Å². The highest BCUT2D eigenvalue weighted by Gasteiger charge is 2.15. The van der Waals surface area contributed by atoms with Crippen LogP contribution in [0.5, 0.6) is 0 Å². The Hall–Kier alpha value is -0.920. The molecule has 0 aliphatic heterocycles. The third-order valence-corrected chi connectivity index (χ3v) is 3.26. The topological polar surface area (TPSA) is 13.1 Å². The van der Waals surface area contributed by atoms with Gasteiger partial charge in [-0.05, 0) is 36.6 Å². The highest BCUT2D eigenvalue weighted by atomic mass is 35.5. The van der Waals surface area contributed by atoms with E-state index < -0.39 is 0 Å². The smallest absolute Gasteiger partial charge is 0.124 e. The van der Waals surface area contributed by atoms with Crippen LogP contribution in [0.25, 0.3) is 0 Å². The van der Waals surface area contributed by atoms with E-state index in [0.29, 0.717) is 6.42 Å². The summed E-state index contributed by atoms with van der Waals surface area (Å²) in [4.78, 5) is 0. The molecule has 0 amide bonds. The summed E-state index contributed by atoms with van der Waals surface area (Å²) in [7, 11) is 0. The van der Waals surface area contributed by atoms with Crippen molar-refractivity contribution < 1.29 is 4.42 Å². The Morgan fingerprint density at radius 3 is 2.62 bits per heavy atom. The summed E-state index contributed by atoms with van der Waals surface area (Å²) in [5, 5.41) is 0.576. The van der Waals surface area contributed by atoms with Gasteiger partial charge in [0.1, 0.15) is 5.76 Å². The molecule has 0 bridgehead atoms. The maximum absolute atomic E-state index is 6.31. The Labute approximate surface area is 105 Å². The van der Waals surface area contributed by atoms with Crippen molar-refractivity contribution in [1.82, 2.24) is 0 Å². The molecule has 1 aromatic carbocycles. The van der Waals surface area contributed by atoms with Gasteiger partial charge < -0.3 is 4.42 Å². The van der Waals surface area contributed by atoms with E-state index in [1.54, 1.807) is 6.26 Å². The SMILES string of the molecule is Cc1ccoc1C(Cl)Cc1ccccc1Cl. The minimum Gasteiger partial charge on any atom is -0.467 e. The number of benzene rings is 1. The van der Waals surface area contributed by atoms with Crippen LogP contribution < -0.4 is 0 Å². The summed E-state index contributed by atoms with van der Waals surface area (Å²) in [6.07, 6.45) is 2.34. The number of hydrogen-bond donors (Lipinski definition) is 0. The van der Waals surface area contributed by atoms with Gasteiger partial charge in [0, 0.05) is 5.02 Å². The highest BCUT2D eigenvalue weighted by Crippen LogP contribution is 2.30. The maximum Gasteiger partial charge on any atom is 0.124 e. The van der Waals surface area contributed by atoms with Gasteiger partial charge in [-0.2, -0.15) is 0 Å². The summed E-state index contributed by atoms with van der Waals surface area (Å²) in [6, 6.07) is 9.63. The van der Waals surface area contributed by atoms with Crippen LogP contribution in [0, 0.1) is 6.92 Å². The fourth-order valence-corrected chi connectivity index (χ4v) is 2.26. The average molecular weight is 255 g/mol. The summed E-state index contributed by atoms with van der Waals surface area (Å²) in [6.45, 7) is 1.99. The highest BCUT2D eigenvalue weighted by molar-refractivity contribution is 6.31. The molecule has 0 radical (unpaired) electrons. The van der Waals surface area contributed by atoms with Crippen LogP contribution in [-0.4, -0.2) is 0 Å². The molecule has 2 rings (SSSR count). The van der Waals surface area contributed by atoms with E-state index in [9.17, 15) is 0 Å². The standard InChI is InChI=1S/C13H12Cl2O/c1-9-6-7-16-13(9)12(15)8-10-4-2-3-5-11(10)14/h2-7,12H,8H2,1H3. The van der Waals surface area contributed by atoms with Crippen LogP contribution in [0.2, 0.25) is 5.02 Å². The molecular weight excluding hydrogens is 243 g/mol. The van der Waals surface area contributed by atoms with Crippen LogP contribution in [-0.2, 0) is 6.42 Å². The molecule has 1 nitrogen and oxygen atoms in total. The summed E-state index contributed by atoms with van der Waals surface area (Å²) < 4.78 is 5.36. The van der Waals surface area contributed by atoms with E-state index in [4.69, 9.17) is 27.6 Å². The molecule has 0 saturated carbocycles. The summed E-state index contributed by atoms with van der Waals surface area (Å²) >= 11 is 12.4. The third-order valence-electron chi connectivity index (χ3n) is 2.54. The second kappa shape index (κ2) is 4.94. The van der Waals surface area contributed by atoms with Gasteiger partial charge in [0.2, 0.25) is 0 Å². The predicted octanol–water partition coefficient (Wildman–Crippen LogP) is 4.76. The van der Waals surface area contributed by atoms with Gasteiger partial charge in [-0.15, -0.1) is 11.6 Å². The molecule has 0 aliphatic carbocycles. The first kappa shape index (κ1) is 11.6. The van der Waals surface area contributed by atoms with Crippen molar-refractivity contribution in [2.45, 2.75) is 18.7 Å². The molecule has 0 aliphatic rings. The fourth-order valence-electron chi connectivity index (χ4n) is 1.66. The lowest BCUT2D eigenvalue weighted by Gasteiger charge is -2.09. The van der Waals surface area contributed by atoms with E-state index >= 15 is 0 Å². The zero-order chi connectivity index (χ0) is 11.5. The maximum atomic E-state index is 6.31. The third kappa shape index (κ3) is 2.42.